The number of likely N-dealkylation sites (N-methyl/N-ethyl adjacent to an activating group) is 1. The van der Waals surface area contributed by atoms with Gasteiger partial charge < -0.3 is 15.3 Å². The van der Waals surface area contributed by atoms with Crippen LogP contribution in [0.1, 0.15) is 20.3 Å². The van der Waals surface area contributed by atoms with E-state index < -0.39 is 0 Å². The molecule has 0 aromatic heterocycles. The predicted octanol–water partition coefficient (Wildman–Crippen LogP) is -0.0156. The van der Waals surface area contributed by atoms with Crippen LogP contribution in [-0.4, -0.2) is 73.4 Å². The Morgan fingerprint density at radius 3 is 2.56 bits per heavy atom. The van der Waals surface area contributed by atoms with E-state index in [1.165, 1.54) is 0 Å². The standard InChI is InChI=1S/C12H27N3O/c1-3-7-14(4-2)10-12(16)11-15-8-5-13-6-9-15/h12-13,16H,3-11H2,1-2H3. The van der Waals surface area contributed by atoms with Crippen molar-refractivity contribution in [3.05, 3.63) is 0 Å². The van der Waals surface area contributed by atoms with Gasteiger partial charge in [-0.05, 0) is 19.5 Å². The first-order valence-electron chi connectivity index (χ1n) is 6.59. The maximum atomic E-state index is 10.0. The summed E-state index contributed by atoms with van der Waals surface area (Å²) < 4.78 is 0. The highest BCUT2D eigenvalue weighted by Crippen LogP contribution is 1.99. The van der Waals surface area contributed by atoms with Crippen molar-refractivity contribution in [2.24, 2.45) is 0 Å². The number of hydrogen-bond donors (Lipinski definition) is 2. The average Bonchev–Trinajstić information content (AvgIpc) is 2.29. The largest absolute Gasteiger partial charge is 0.390 e. The Kier molecular flexibility index (Phi) is 6.96. The SMILES string of the molecule is CCCN(CC)CC(O)CN1CCNCC1. The molecule has 1 aliphatic heterocycles. The Balaban J connectivity index is 2.19. The molecule has 0 aliphatic carbocycles. The van der Waals surface area contributed by atoms with Crippen molar-refractivity contribution in [1.82, 2.24) is 15.1 Å². The van der Waals surface area contributed by atoms with E-state index in [0.717, 1.165) is 58.8 Å². The second kappa shape index (κ2) is 8.01. The minimum Gasteiger partial charge on any atom is -0.390 e. The fourth-order valence-electron chi connectivity index (χ4n) is 2.24. The molecule has 1 saturated heterocycles. The third kappa shape index (κ3) is 5.25. The van der Waals surface area contributed by atoms with Gasteiger partial charge in [0.25, 0.3) is 0 Å². The molecule has 1 rings (SSSR count). The van der Waals surface area contributed by atoms with E-state index in [1.54, 1.807) is 0 Å². The third-order valence-electron chi connectivity index (χ3n) is 3.13. The number of rotatable bonds is 7. The summed E-state index contributed by atoms with van der Waals surface area (Å²) in [5.41, 5.74) is 0. The first-order valence-corrected chi connectivity index (χ1v) is 6.59. The van der Waals surface area contributed by atoms with Crippen molar-refractivity contribution >= 4 is 0 Å². The summed E-state index contributed by atoms with van der Waals surface area (Å²) in [6.45, 7) is 12.3. The van der Waals surface area contributed by atoms with Gasteiger partial charge in [-0.3, -0.25) is 4.90 Å². The van der Waals surface area contributed by atoms with Gasteiger partial charge >= 0.3 is 0 Å². The average molecular weight is 229 g/mol. The Labute approximate surface area is 99.6 Å². The van der Waals surface area contributed by atoms with Crippen LogP contribution in [0, 0.1) is 0 Å². The molecule has 0 saturated carbocycles. The molecule has 1 fully saturated rings. The third-order valence-corrected chi connectivity index (χ3v) is 3.13. The van der Waals surface area contributed by atoms with E-state index >= 15 is 0 Å². The van der Waals surface area contributed by atoms with E-state index in [9.17, 15) is 5.11 Å². The fourth-order valence-corrected chi connectivity index (χ4v) is 2.24. The van der Waals surface area contributed by atoms with Crippen LogP contribution < -0.4 is 5.32 Å². The second-order valence-electron chi connectivity index (χ2n) is 4.60. The molecule has 0 aromatic rings. The molecule has 16 heavy (non-hydrogen) atoms. The lowest BCUT2D eigenvalue weighted by Gasteiger charge is -2.31. The molecule has 0 aromatic carbocycles. The van der Waals surface area contributed by atoms with E-state index in [-0.39, 0.29) is 6.10 Å². The van der Waals surface area contributed by atoms with E-state index in [2.05, 4.69) is 29.0 Å². The van der Waals surface area contributed by atoms with E-state index in [4.69, 9.17) is 0 Å². The Morgan fingerprint density at radius 1 is 1.31 bits per heavy atom. The highest BCUT2D eigenvalue weighted by Gasteiger charge is 2.15. The normalized spacial score (nSPS) is 20.2. The van der Waals surface area contributed by atoms with Crippen LogP contribution in [0.15, 0.2) is 0 Å². The molecule has 1 heterocycles. The molecule has 0 bridgehead atoms. The van der Waals surface area contributed by atoms with Crippen LogP contribution in [0.25, 0.3) is 0 Å². The molecule has 96 valence electrons. The molecule has 2 N–H and O–H groups in total. The maximum absolute atomic E-state index is 10.0. The van der Waals surface area contributed by atoms with Crippen LogP contribution in [0.2, 0.25) is 0 Å². The van der Waals surface area contributed by atoms with Crippen molar-refractivity contribution in [2.45, 2.75) is 26.4 Å². The molecule has 0 spiro atoms. The maximum Gasteiger partial charge on any atom is 0.0793 e. The Morgan fingerprint density at radius 2 is 2.00 bits per heavy atom. The van der Waals surface area contributed by atoms with Crippen LogP contribution in [0.4, 0.5) is 0 Å². The van der Waals surface area contributed by atoms with Crippen LogP contribution in [0.5, 0.6) is 0 Å². The lowest BCUT2D eigenvalue weighted by atomic mass is 10.2. The number of aliphatic hydroxyl groups is 1. The number of piperazine rings is 1. The summed E-state index contributed by atoms with van der Waals surface area (Å²) in [7, 11) is 0. The highest BCUT2D eigenvalue weighted by atomic mass is 16.3. The van der Waals surface area contributed by atoms with Crippen molar-refractivity contribution in [3.63, 3.8) is 0 Å². The zero-order valence-electron chi connectivity index (χ0n) is 10.8. The predicted molar refractivity (Wildman–Crippen MR) is 67.7 cm³/mol. The minimum absolute atomic E-state index is 0.204. The van der Waals surface area contributed by atoms with Gasteiger partial charge in [0.2, 0.25) is 0 Å². The first-order chi connectivity index (χ1) is 7.76. The van der Waals surface area contributed by atoms with Crippen molar-refractivity contribution in [3.8, 4) is 0 Å². The van der Waals surface area contributed by atoms with Gasteiger partial charge in [0.05, 0.1) is 6.10 Å². The molecule has 1 unspecified atom stereocenters. The molecular weight excluding hydrogens is 202 g/mol. The van der Waals surface area contributed by atoms with Crippen LogP contribution in [-0.2, 0) is 0 Å². The monoisotopic (exact) mass is 229 g/mol. The van der Waals surface area contributed by atoms with Gasteiger partial charge in [-0.2, -0.15) is 0 Å². The topological polar surface area (TPSA) is 38.7 Å². The molecule has 1 atom stereocenters. The van der Waals surface area contributed by atoms with Crippen molar-refractivity contribution < 1.29 is 5.11 Å². The fraction of sp³-hybridized carbons (Fsp3) is 1.00. The molecule has 1 aliphatic rings. The number of hydrogen-bond acceptors (Lipinski definition) is 4. The lowest BCUT2D eigenvalue weighted by Crippen LogP contribution is -2.48. The van der Waals surface area contributed by atoms with E-state index in [0.29, 0.717) is 0 Å². The van der Waals surface area contributed by atoms with Gasteiger partial charge in [0.15, 0.2) is 0 Å². The molecular formula is C12H27N3O. The quantitative estimate of drug-likeness (QED) is 0.644. The van der Waals surface area contributed by atoms with Gasteiger partial charge in [-0.1, -0.05) is 13.8 Å². The zero-order valence-corrected chi connectivity index (χ0v) is 10.8. The summed E-state index contributed by atoms with van der Waals surface area (Å²) in [6.07, 6.45) is 0.957. The number of nitrogens with zero attached hydrogens (tertiary/aromatic N) is 2. The lowest BCUT2D eigenvalue weighted by molar-refractivity contribution is 0.0710. The van der Waals surface area contributed by atoms with Gasteiger partial charge in [-0.15, -0.1) is 0 Å². The summed E-state index contributed by atoms with van der Waals surface area (Å²) in [5.74, 6) is 0. The number of nitrogens with one attached hydrogen (secondary N) is 1. The van der Waals surface area contributed by atoms with Gasteiger partial charge in [-0.25, -0.2) is 0 Å². The summed E-state index contributed by atoms with van der Waals surface area (Å²) in [6, 6.07) is 0. The summed E-state index contributed by atoms with van der Waals surface area (Å²) in [5, 5.41) is 13.4. The van der Waals surface area contributed by atoms with Crippen molar-refractivity contribution in [2.75, 3.05) is 52.4 Å². The smallest absolute Gasteiger partial charge is 0.0793 e. The zero-order chi connectivity index (χ0) is 11.8. The highest BCUT2D eigenvalue weighted by molar-refractivity contribution is 4.73. The summed E-state index contributed by atoms with van der Waals surface area (Å²) >= 11 is 0. The number of β-amino-alcohol motifs (C(OH)–C–C–N with tert-alkyl or cyclic N) is 1. The molecule has 0 radical (unpaired) electrons. The van der Waals surface area contributed by atoms with Gasteiger partial charge in [0.1, 0.15) is 0 Å². The van der Waals surface area contributed by atoms with Crippen LogP contribution in [0.3, 0.4) is 0 Å². The number of aliphatic hydroxyl groups excluding tert-OH is 1. The minimum atomic E-state index is -0.204. The van der Waals surface area contributed by atoms with E-state index in [1.807, 2.05) is 0 Å². The summed E-state index contributed by atoms with van der Waals surface area (Å²) in [4.78, 5) is 4.67. The molecule has 4 nitrogen and oxygen atoms in total. The van der Waals surface area contributed by atoms with Gasteiger partial charge in [0, 0.05) is 39.3 Å². The Bertz CT molecular complexity index is 165. The Hall–Kier alpha value is -0.160. The van der Waals surface area contributed by atoms with Crippen LogP contribution >= 0.6 is 0 Å². The molecule has 4 heteroatoms. The first kappa shape index (κ1) is 13.9. The second-order valence-corrected chi connectivity index (χ2v) is 4.60. The van der Waals surface area contributed by atoms with Crippen molar-refractivity contribution in [1.29, 1.82) is 0 Å². The molecule has 0 amide bonds.